The minimum Gasteiger partial charge on any atom is -0.497 e. The van der Waals surface area contributed by atoms with E-state index in [1.165, 1.54) is 7.11 Å². The molecular formula is C23H25N3O4. The molecule has 0 saturated carbocycles. The molecule has 0 aliphatic rings. The molecule has 7 heteroatoms. The highest BCUT2D eigenvalue weighted by atomic mass is 16.6. The fourth-order valence-electron chi connectivity index (χ4n) is 3.10. The third-order valence-electron chi connectivity index (χ3n) is 4.60. The average molecular weight is 407 g/mol. The Kier molecular flexibility index (Phi) is 7.24. The molecule has 1 aromatic heterocycles. The van der Waals surface area contributed by atoms with E-state index in [0.717, 1.165) is 22.6 Å². The summed E-state index contributed by atoms with van der Waals surface area (Å²) in [6, 6.07) is 19.4. The molecule has 0 aliphatic carbocycles. The molecule has 1 N–H and O–H groups in total. The molecule has 0 spiro atoms. The van der Waals surface area contributed by atoms with Gasteiger partial charge in [0.1, 0.15) is 11.5 Å². The van der Waals surface area contributed by atoms with Gasteiger partial charge in [0.25, 0.3) is 5.91 Å². The second kappa shape index (κ2) is 10.3. The van der Waals surface area contributed by atoms with Crippen LogP contribution in [-0.2, 0) is 17.9 Å². The summed E-state index contributed by atoms with van der Waals surface area (Å²) in [6.07, 6.45) is 1.59. The highest BCUT2D eigenvalue weighted by molar-refractivity contribution is 5.97. The summed E-state index contributed by atoms with van der Waals surface area (Å²) in [5.41, 5.74) is 5.50. The molecule has 30 heavy (non-hydrogen) atoms. The molecule has 0 fully saturated rings. The minimum atomic E-state index is -0.400. The highest BCUT2D eigenvalue weighted by Gasteiger charge is 2.19. The Morgan fingerprint density at radius 2 is 1.40 bits per heavy atom. The van der Waals surface area contributed by atoms with Crippen LogP contribution in [-0.4, -0.2) is 32.2 Å². The Morgan fingerprint density at radius 1 is 0.867 bits per heavy atom. The topological polar surface area (TPSA) is 72.9 Å². The Hall–Kier alpha value is -3.58. The van der Waals surface area contributed by atoms with E-state index in [-0.39, 0.29) is 0 Å². The number of rotatable bonds is 9. The number of aromatic nitrogens is 1. The van der Waals surface area contributed by atoms with Gasteiger partial charge in [-0.05, 0) is 47.5 Å². The summed E-state index contributed by atoms with van der Waals surface area (Å²) in [5.74, 6) is 1.19. The van der Waals surface area contributed by atoms with Crippen molar-refractivity contribution in [3.05, 3.63) is 83.7 Å². The van der Waals surface area contributed by atoms with Gasteiger partial charge < -0.3 is 14.4 Å². The smallest absolute Gasteiger partial charge is 0.295 e. The molecule has 0 radical (unpaired) electrons. The van der Waals surface area contributed by atoms with Gasteiger partial charge in [-0.3, -0.25) is 9.63 Å². The van der Waals surface area contributed by atoms with Crippen molar-refractivity contribution >= 4 is 11.6 Å². The number of hydrogen-bond acceptors (Lipinski definition) is 6. The summed E-state index contributed by atoms with van der Waals surface area (Å²) in [6.45, 7) is 1.16. The fourth-order valence-corrected chi connectivity index (χ4v) is 3.10. The van der Waals surface area contributed by atoms with Crippen LogP contribution in [0.3, 0.4) is 0 Å². The fraction of sp³-hybridized carbons (Fsp3) is 0.217. The van der Waals surface area contributed by atoms with Crippen molar-refractivity contribution in [2.24, 2.45) is 0 Å². The first-order valence-corrected chi connectivity index (χ1v) is 9.43. The summed E-state index contributed by atoms with van der Waals surface area (Å²) >= 11 is 0. The Morgan fingerprint density at radius 3 is 1.87 bits per heavy atom. The number of nitrogens with one attached hydrogen (secondary N) is 1. The number of amides is 1. The molecule has 0 atom stereocenters. The summed E-state index contributed by atoms with van der Waals surface area (Å²) in [5, 5.41) is 0. The van der Waals surface area contributed by atoms with Gasteiger partial charge in [0.2, 0.25) is 0 Å². The van der Waals surface area contributed by atoms with Crippen LogP contribution in [0.2, 0.25) is 0 Å². The molecule has 1 heterocycles. The van der Waals surface area contributed by atoms with E-state index in [1.807, 2.05) is 60.7 Å². The Balaban J connectivity index is 1.94. The normalized spacial score (nSPS) is 10.4. The van der Waals surface area contributed by atoms with Gasteiger partial charge in [-0.15, -0.1) is 0 Å². The third-order valence-corrected chi connectivity index (χ3v) is 4.60. The zero-order chi connectivity index (χ0) is 21.3. The first-order valence-electron chi connectivity index (χ1n) is 9.43. The first-order chi connectivity index (χ1) is 14.6. The van der Waals surface area contributed by atoms with Crippen LogP contribution >= 0.6 is 0 Å². The van der Waals surface area contributed by atoms with Crippen LogP contribution in [0, 0.1) is 0 Å². The Bertz CT molecular complexity index is 909. The van der Waals surface area contributed by atoms with Gasteiger partial charge in [0, 0.05) is 19.3 Å². The van der Waals surface area contributed by atoms with E-state index >= 15 is 0 Å². The largest absolute Gasteiger partial charge is 0.497 e. The van der Waals surface area contributed by atoms with E-state index in [0.29, 0.717) is 24.5 Å². The molecule has 3 aromatic rings. The lowest BCUT2D eigenvalue weighted by Gasteiger charge is -2.26. The summed E-state index contributed by atoms with van der Waals surface area (Å²) in [7, 11) is 4.68. The minimum absolute atomic E-state index is 0.293. The number of carbonyl (C=O) groups excluding carboxylic acids is 1. The highest BCUT2D eigenvalue weighted by Crippen LogP contribution is 2.25. The molecule has 0 unspecified atom stereocenters. The van der Waals surface area contributed by atoms with Crippen LogP contribution in [0.4, 0.5) is 5.69 Å². The van der Waals surface area contributed by atoms with Crippen molar-refractivity contribution < 1.29 is 19.1 Å². The predicted molar refractivity (Wildman–Crippen MR) is 115 cm³/mol. The number of carbonyl (C=O) groups is 1. The lowest BCUT2D eigenvalue weighted by molar-refractivity contribution is 0.0533. The quantitative estimate of drug-likeness (QED) is 0.547. The second-order valence-electron chi connectivity index (χ2n) is 6.56. The van der Waals surface area contributed by atoms with Gasteiger partial charge in [-0.2, -0.15) is 0 Å². The number of ether oxygens (including phenoxy) is 2. The number of hydroxylamine groups is 1. The molecule has 0 bridgehead atoms. The molecule has 7 nitrogen and oxygen atoms in total. The number of anilines is 1. The van der Waals surface area contributed by atoms with E-state index in [2.05, 4.69) is 15.4 Å². The number of nitrogens with zero attached hydrogens (tertiary/aromatic N) is 2. The second-order valence-corrected chi connectivity index (χ2v) is 6.56. The molecule has 0 aliphatic heterocycles. The van der Waals surface area contributed by atoms with Gasteiger partial charge >= 0.3 is 0 Å². The zero-order valence-electron chi connectivity index (χ0n) is 17.3. The third kappa shape index (κ3) is 5.27. The van der Waals surface area contributed by atoms with Gasteiger partial charge in [-0.25, -0.2) is 10.5 Å². The van der Waals surface area contributed by atoms with Crippen molar-refractivity contribution in [3.63, 3.8) is 0 Å². The number of methoxy groups -OCH3 is 2. The maximum absolute atomic E-state index is 12.5. The number of benzene rings is 2. The SMILES string of the molecule is CONC(=O)c1ncccc1N(Cc1ccc(OC)cc1)Cc1ccc(OC)cc1. The average Bonchev–Trinajstić information content (AvgIpc) is 2.80. The molecule has 156 valence electrons. The lowest BCUT2D eigenvalue weighted by atomic mass is 10.1. The first kappa shape index (κ1) is 21.1. The van der Waals surface area contributed by atoms with Gasteiger partial charge in [0.05, 0.1) is 27.0 Å². The van der Waals surface area contributed by atoms with Crippen LogP contribution in [0.5, 0.6) is 11.5 Å². The summed E-state index contributed by atoms with van der Waals surface area (Å²) < 4.78 is 10.5. The molecule has 1 amide bonds. The molecule has 0 saturated heterocycles. The standard InChI is InChI=1S/C23H25N3O4/c1-28-19-10-6-17(7-11-19)15-26(16-18-8-12-20(29-2)13-9-18)21-5-4-14-24-22(21)23(27)25-30-3/h4-14H,15-16H2,1-3H3,(H,25,27). The number of hydrogen-bond donors (Lipinski definition) is 1. The molecule has 3 rings (SSSR count). The predicted octanol–water partition coefficient (Wildman–Crippen LogP) is 3.60. The number of pyridine rings is 1. The van der Waals surface area contributed by atoms with Crippen molar-refractivity contribution in [1.82, 2.24) is 10.5 Å². The lowest BCUT2D eigenvalue weighted by Crippen LogP contribution is -2.29. The van der Waals surface area contributed by atoms with Crippen LogP contribution in [0.15, 0.2) is 66.9 Å². The van der Waals surface area contributed by atoms with Crippen LogP contribution in [0.1, 0.15) is 21.6 Å². The van der Waals surface area contributed by atoms with Crippen molar-refractivity contribution in [3.8, 4) is 11.5 Å². The maximum Gasteiger partial charge on any atom is 0.295 e. The van der Waals surface area contributed by atoms with E-state index in [4.69, 9.17) is 14.3 Å². The van der Waals surface area contributed by atoms with Gasteiger partial charge in [0.15, 0.2) is 5.69 Å². The summed E-state index contributed by atoms with van der Waals surface area (Å²) in [4.78, 5) is 23.7. The molecule has 2 aromatic carbocycles. The van der Waals surface area contributed by atoms with E-state index in [9.17, 15) is 4.79 Å². The maximum atomic E-state index is 12.5. The van der Waals surface area contributed by atoms with Crippen molar-refractivity contribution in [1.29, 1.82) is 0 Å². The monoisotopic (exact) mass is 407 g/mol. The molecular weight excluding hydrogens is 382 g/mol. The van der Waals surface area contributed by atoms with E-state index in [1.54, 1.807) is 20.4 Å². The van der Waals surface area contributed by atoms with E-state index < -0.39 is 5.91 Å². The van der Waals surface area contributed by atoms with Crippen LogP contribution in [0.25, 0.3) is 0 Å². The van der Waals surface area contributed by atoms with Crippen molar-refractivity contribution in [2.45, 2.75) is 13.1 Å². The van der Waals surface area contributed by atoms with Gasteiger partial charge in [-0.1, -0.05) is 24.3 Å². The van der Waals surface area contributed by atoms with Crippen LogP contribution < -0.4 is 19.9 Å². The zero-order valence-corrected chi connectivity index (χ0v) is 17.3. The van der Waals surface area contributed by atoms with Crippen molar-refractivity contribution in [2.75, 3.05) is 26.2 Å². The Labute approximate surface area is 176 Å².